The van der Waals surface area contributed by atoms with Crippen molar-refractivity contribution >= 4 is 23.5 Å². The number of benzene rings is 1. The number of halogens is 1. The van der Waals surface area contributed by atoms with E-state index in [-0.39, 0.29) is 24.5 Å². The highest BCUT2D eigenvalue weighted by molar-refractivity contribution is 6.30. The van der Waals surface area contributed by atoms with Gasteiger partial charge in [-0.25, -0.2) is 4.79 Å². The molecule has 3 amide bonds. The van der Waals surface area contributed by atoms with Gasteiger partial charge in [-0.2, -0.15) is 0 Å². The zero-order valence-corrected chi connectivity index (χ0v) is 13.4. The smallest absolute Gasteiger partial charge is 0.321 e. The number of hydrogen-bond donors (Lipinski definition) is 3. The van der Waals surface area contributed by atoms with Crippen molar-refractivity contribution in [1.82, 2.24) is 10.6 Å². The van der Waals surface area contributed by atoms with Crippen LogP contribution < -0.4 is 16.0 Å². The summed E-state index contributed by atoms with van der Waals surface area (Å²) in [5.74, 6) is -0.309. The number of urea groups is 1. The van der Waals surface area contributed by atoms with E-state index in [4.69, 9.17) is 11.6 Å². The molecule has 116 valence electrons. The first-order chi connectivity index (χ1) is 9.92. The summed E-state index contributed by atoms with van der Waals surface area (Å²) in [5, 5.41) is 7.56. The second kappa shape index (κ2) is 8.64. The second-order valence-corrected chi connectivity index (χ2v) is 5.55. The number of quaternary nitrogens is 1. The Hall–Kier alpha value is -1.59. The average Bonchev–Trinajstić information content (AvgIpc) is 2.45. The monoisotopic (exact) mass is 312 g/mol. The Morgan fingerprint density at radius 1 is 1.24 bits per heavy atom. The Morgan fingerprint density at radius 2 is 1.86 bits per heavy atom. The first kappa shape index (κ1) is 17.5. The third-order valence-electron chi connectivity index (χ3n) is 3.30. The molecule has 2 atom stereocenters. The van der Waals surface area contributed by atoms with Gasteiger partial charge in [0.15, 0.2) is 6.54 Å². The molecule has 6 heteroatoms. The zero-order chi connectivity index (χ0) is 15.8. The normalized spacial score (nSPS) is 13.3. The first-order valence-corrected chi connectivity index (χ1v) is 7.49. The van der Waals surface area contributed by atoms with Crippen LogP contribution in [0.25, 0.3) is 0 Å². The maximum atomic E-state index is 11.7. The molecule has 0 heterocycles. The summed E-state index contributed by atoms with van der Waals surface area (Å²) in [6, 6.07) is 7.22. The standard InChI is InChI=1S/C15H22ClN3O2/c1-4-10(2)18-15(21)19-14(20)9-17-11(3)12-5-7-13(16)8-6-12/h5-8,10-11,17H,4,9H2,1-3H3,(H2,18,19,20,21)/p+1/t10-,11+/m1/s1. The van der Waals surface area contributed by atoms with Gasteiger partial charge >= 0.3 is 6.03 Å². The van der Waals surface area contributed by atoms with Crippen molar-refractivity contribution < 1.29 is 14.9 Å². The van der Waals surface area contributed by atoms with Crippen molar-refractivity contribution in [1.29, 1.82) is 0 Å². The summed E-state index contributed by atoms with van der Waals surface area (Å²) in [7, 11) is 0. The molecule has 0 saturated heterocycles. The van der Waals surface area contributed by atoms with Gasteiger partial charge in [0.1, 0.15) is 6.04 Å². The fourth-order valence-electron chi connectivity index (χ4n) is 1.73. The lowest BCUT2D eigenvalue weighted by atomic mass is 10.1. The Bertz CT molecular complexity index is 476. The van der Waals surface area contributed by atoms with Gasteiger partial charge in [-0.3, -0.25) is 10.1 Å². The summed E-state index contributed by atoms with van der Waals surface area (Å²) < 4.78 is 0. The number of carbonyl (C=O) groups is 2. The van der Waals surface area contributed by atoms with E-state index < -0.39 is 6.03 Å². The largest absolute Gasteiger partial charge is 0.335 e. The minimum absolute atomic E-state index is 0.0507. The predicted molar refractivity (Wildman–Crippen MR) is 83.1 cm³/mol. The first-order valence-electron chi connectivity index (χ1n) is 7.11. The molecule has 0 spiro atoms. The van der Waals surface area contributed by atoms with E-state index >= 15 is 0 Å². The minimum Gasteiger partial charge on any atom is -0.335 e. The van der Waals surface area contributed by atoms with Gasteiger partial charge in [-0.1, -0.05) is 30.7 Å². The number of hydrogen-bond acceptors (Lipinski definition) is 2. The molecule has 0 aromatic heterocycles. The molecule has 0 aliphatic rings. The summed E-state index contributed by atoms with van der Waals surface area (Å²) in [5.41, 5.74) is 1.08. The number of imide groups is 1. The Labute approximate surface area is 130 Å². The Balaban J connectivity index is 2.35. The number of nitrogens with one attached hydrogen (secondary N) is 2. The third kappa shape index (κ3) is 6.60. The number of amides is 3. The van der Waals surface area contributed by atoms with Crippen molar-refractivity contribution in [3.05, 3.63) is 34.9 Å². The fourth-order valence-corrected chi connectivity index (χ4v) is 1.85. The van der Waals surface area contributed by atoms with Crippen molar-refractivity contribution in [2.24, 2.45) is 0 Å². The Kier molecular flexibility index (Phi) is 7.19. The molecule has 0 aliphatic heterocycles. The van der Waals surface area contributed by atoms with Crippen LogP contribution in [-0.2, 0) is 4.79 Å². The van der Waals surface area contributed by atoms with E-state index in [2.05, 4.69) is 10.6 Å². The van der Waals surface area contributed by atoms with Crippen LogP contribution in [0, 0.1) is 0 Å². The van der Waals surface area contributed by atoms with E-state index in [9.17, 15) is 9.59 Å². The van der Waals surface area contributed by atoms with Crippen LogP contribution >= 0.6 is 11.6 Å². The number of carbonyl (C=O) groups excluding carboxylic acids is 2. The van der Waals surface area contributed by atoms with Crippen LogP contribution in [0.1, 0.15) is 38.8 Å². The summed E-state index contributed by atoms with van der Waals surface area (Å²) in [6.07, 6.45) is 0.821. The maximum absolute atomic E-state index is 11.7. The summed E-state index contributed by atoms with van der Waals surface area (Å²) in [4.78, 5) is 23.2. The van der Waals surface area contributed by atoms with E-state index in [1.165, 1.54) is 0 Å². The Morgan fingerprint density at radius 3 is 2.43 bits per heavy atom. The van der Waals surface area contributed by atoms with Gasteiger partial charge in [0.25, 0.3) is 5.91 Å². The topological polar surface area (TPSA) is 74.8 Å². The van der Waals surface area contributed by atoms with Crippen molar-refractivity contribution in [2.75, 3.05) is 6.54 Å². The van der Waals surface area contributed by atoms with E-state index in [0.29, 0.717) is 5.02 Å². The SMILES string of the molecule is CC[C@@H](C)NC(=O)NC(=O)C[NH2+][C@@H](C)c1ccc(Cl)cc1. The molecule has 0 aliphatic carbocycles. The van der Waals surface area contributed by atoms with Gasteiger partial charge in [0.05, 0.1) is 0 Å². The molecular weight excluding hydrogens is 290 g/mol. The van der Waals surface area contributed by atoms with Crippen LogP contribution in [0.15, 0.2) is 24.3 Å². The molecule has 0 unspecified atom stereocenters. The minimum atomic E-state index is -0.443. The highest BCUT2D eigenvalue weighted by atomic mass is 35.5. The lowest BCUT2D eigenvalue weighted by Gasteiger charge is -2.13. The molecule has 5 nitrogen and oxygen atoms in total. The van der Waals surface area contributed by atoms with Gasteiger partial charge < -0.3 is 10.6 Å². The molecular formula is C15H23ClN3O2+. The van der Waals surface area contributed by atoms with Crippen molar-refractivity contribution in [2.45, 2.75) is 39.3 Å². The highest BCUT2D eigenvalue weighted by Gasteiger charge is 2.14. The molecule has 0 bridgehead atoms. The molecule has 1 rings (SSSR count). The molecule has 1 aromatic rings. The molecule has 1 aromatic carbocycles. The maximum Gasteiger partial charge on any atom is 0.321 e. The van der Waals surface area contributed by atoms with Crippen LogP contribution in [0.4, 0.5) is 4.79 Å². The average molecular weight is 313 g/mol. The lowest BCUT2D eigenvalue weighted by Crippen LogP contribution is -2.87. The van der Waals surface area contributed by atoms with Gasteiger partial charge in [-0.15, -0.1) is 0 Å². The van der Waals surface area contributed by atoms with Crippen molar-refractivity contribution in [3.63, 3.8) is 0 Å². The van der Waals surface area contributed by atoms with Crippen LogP contribution in [0.5, 0.6) is 0 Å². The zero-order valence-electron chi connectivity index (χ0n) is 12.7. The van der Waals surface area contributed by atoms with E-state index in [0.717, 1.165) is 12.0 Å². The van der Waals surface area contributed by atoms with Crippen molar-refractivity contribution in [3.8, 4) is 0 Å². The molecule has 0 fully saturated rings. The van der Waals surface area contributed by atoms with Crippen LogP contribution in [-0.4, -0.2) is 24.5 Å². The highest BCUT2D eigenvalue weighted by Crippen LogP contribution is 2.13. The van der Waals surface area contributed by atoms with E-state index in [1.807, 2.05) is 50.4 Å². The van der Waals surface area contributed by atoms with E-state index in [1.54, 1.807) is 0 Å². The molecule has 21 heavy (non-hydrogen) atoms. The fraction of sp³-hybridized carbons (Fsp3) is 0.467. The quantitative estimate of drug-likeness (QED) is 0.746. The molecule has 0 saturated carbocycles. The van der Waals surface area contributed by atoms with Gasteiger partial charge in [-0.05, 0) is 32.4 Å². The molecule has 4 N–H and O–H groups in total. The van der Waals surface area contributed by atoms with Gasteiger partial charge in [0, 0.05) is 16.6 Å². The summed E-state index contributed by atoms with van der Waals surface area (Å²) in [6.45, 7) is 6.04. The predicted octanol–water partition coefficient (Wildman–Crippen LogP) is 1.59. The number of rotatable bonds is 6. The lowest BCUT2D eigenvalue weighted by molar-refractivity contribution is -0.682. The third-order valence-corrected chi connectivity index (χ3v) is 3.55. The van der Waals surface area contributed by atoms with Crippen LogP contribution in [0.3, 0.4) is 0 Å². The molecule has 0 radical (unpaired) electrons. The second-order valence-electron chi connectivity index (χ2n) is 5.11. The number of nitrogens with two attached hydrogens (primary N) is 1. The van der Waals surface area contributed by atoms with Crippen LogP contribution in [0.2, 0.25) is 5.02 Å². The summed E-state index contributed by atoms with van der Waals surface area (Å²) >= 11 is 5.84. The van der Waals surface area contributed by atoms with Gasteiger partial charge in [0.2, 0.25) is 0 Å².